The van der Waals surface area contributed by atoms with Crippen molar-refractivity contribution in [3.8, 4) is 17.2 Å². The van der Waals surface area contributed by atoms with Crippen molar-refractivity contribution >= 4 is 27.5 Å². The Balaban J connectivity index is 2.20. The van der Waals surface area contributed by atoms with Crippen LogP contribution in [0.15, 0.2) is 42.5 Å². The highest BCUT2D eigenvalue weighted by atomic mass is 79.9. The van der Waals surface area contributed by atoms with Crippen LogP contribution in [0.2, 0.25) is 5.02 Å². The molecule has 0 fully saturated rings. The number of alkyl halides is 1. The Kier molecular flexibility index (Phi) is 4.50. The largest absolute Gasteiger partial charge is 0.497 e. The fraction of sp³-hybridized carbons (Fsp3) is 0.143. The maximum absolute atomic E-state index is 6.12. The summed E-state index contributed by atoms with van der Waals surface area (Å²) in [6, 6.07) is 13.1. The van der Waals surface area contributed by atoms with Gasteiger partial charge in [0, 0.05) is 16.4 Å². The number of rotatable bonds is 4. The number of hydrogen-bond donors (Lipinski definition) is 0. The smallest absolute Gasteiger partial charge is 0.131 e. The van der Waals surface area contributed by atoms with E-state index in [1.807, 2.05) is 36.4 Å². The van der Waals surface area contributed by atoms with Crippen LogP contribution in [-0.2, 0) is 5.33 Å². The number of hydrogen-bond acceptors (Lipinski definition) is 2. The molecule has 2 aromatic carbocycles. The second-order valence-electron chi connectivity index (χ2n) is 3.67. The highest BCUT2D eigenvalue weighted by Gasteiger charge is 2.03. The maximum Gasteiger partial charge on any atom is 0.131 e. The average molecular weight is 328 g/mol. The zero-order valence-electron chi connectivity index (χ0n) is 9.82. The Bertz CT molecular complexity index is 543. The Morgan fingerprint density at radius 1 is 1.06 bits per heavy atom. The van der Waals surface area contributed by atoms with Gasteiger partial charge in [-0.2, -0.15) is 0 Å². The van der Waals surface area contributed by atoms with E-state index >= 15 is 0 Å². The summed E-state index contributed by atoms with van der Waals surface area (Å²) in [5.74, 6) is 2.19. The topological polar surface area (TPSA) is 18.5 Å². The van der Waals surface area contributed by atoms with Gasteiger partial charge < -0.3 is 9.47 Å². The Labute approximate surface area is 120 Å². The molecule has 0 spiro atoms. The van der Waals surface area contributed by atoms with E-state index in [1.165, 1.54) is 0 Å². The molecule has 0 amide bonds. The fourth-order valence-electron chi connectivity index (χ4n) is 1.50. The van der Waals surface area contributed by atoms with E-state index in [0.717, 1.165) is 22.4 Å². The van der Waals surface area contributed by atoms with E-state index in [0.29, 0.717) is 10.8 Å². The van der Waals surface area contributed by atoms with Crippen molar-refractivity contribution < 1.29 is 9.47 Å². The van der Waals surface area contributed by atoms with Crippen LogP contribution in [0.1, 0.15) is 5.56 Å². The lowest BCUT2D eigenvalue weighted by atomic mass is 10.2. The summed E-state index contributed by atoms with van der Waals surface area (Å²) in [6.07, 6.45) is 0. The van der Waals surface area contributed by atoms with E-state index in [9.17, 15) is 0 Å². The summed E-state index contributed by atoms with van der Waals surface area (Å²) in [7, 11) is 1.63. The van der Waals surface area contributed by atoms with Gasteiger partial charge in [-0.25, -0.2) is 0 Å². The summed E-state index contributed by atoms with van der Waals surface area (Å²) >= 11 is 9.50. The third kappa shape index (κ3) is 3.18. The number of benzene rings is 2. The second-order valence-corrected chi connectivity index (χ2v) is 4.64. The van der Waals surface area contributed by atoms with Gasteiger partial charge in [-0.15, -0.1) is 0 Å². The predicted molar refractivity (Wildman–Crippen MR) is 77.2 cm³/mol. The molecular formula is C14H12BrClO2. The van der Waals surface area contributed by atoms with Crippen molar-refractivity contribution in [3.63, 3.8) is 0 Å². The molecule has 0 heterocycles. The van der Waals surface area contributed by atoms with Crippen LogP contribution >= 0.6 is 27.5 Å². The van der Waals surface area contributed by atoms with Crippen LogP contribution < -0.4 is 9.47 Å². The molecule has 2 aromatic rings. The lowest BCUT2D eigenvalue weighted by Crippen LogP contribution is -1.88. The first-order valence-corrected chi connectivity index (χ1v) is 6.89. The lowest BCUT2D eigenvalue weighted by molar-refractivity contribution is 0.409. The summed E-state index contributed by atoms with van der Waals surface area (Å²) in [5.41, 5.74) is 1.04. The van der Waals surface area contributed by atoms with Gasteiger partial charge in [0.25, 0.3) is 0 Å². The van der Waals surface area contributed by atoms with E-state index < -0.39 is 0 Å². The molecule has 0 aliphatic carbocycles. The highest BCUT2D eigenvalue weighted by molar-refractivity contribution is 9.08. The van der Waals surface area contributed by atoms with Crippen LogP contribution in [-0.4, -0.2) is 7.11 Å². The van der Waals surface area contributed by atoms with Crippen molar-refractivity contribution in [2.75, 3.05) is 7.11 Å². The van der Waals surface area contributed by atoms with Gasteiger partial charge in [0.15, 0.2) is 0 Å². The number of ether oxygens (including phenoxy) is 2. The Morgan fingerprint density at radius 2 is 1.78 bits per heavy atom. The van der Waals surface area contributed by atoms with Crippen LogP contribution in [0.3, 0.4) is 0 Å². The molecule has 0 radical (unpaired) electrons. The molecule has 0 atom stereocenters. The van der Waals surface area contributed by atoms with Crippen molar-refractivity contribution in [1.29, 1.82) is 0 Å². The minimum Gasteiger partial charge on any atom is -0.497 e. The molecule has 0 aromatic heterocycles. The summed E-state index contributed by atoms with van der Waals surface area (Å²) in [5, 5.41) is 1.41. The molecule has 0 aliphatic heterocycles. The quantitative estimate of drug-likeness (QED) is 0.733. The van der Waals surface area contributed by atoms with Gasteiger partial charge in [-0.05, 0) is 29.8 Å². The third-order valence-corrected chi connectivity index (χ3v) is 3.40. The minimum absolute atomic E-state index is 0.687. The maximum atomic E-state index is 6.12. The van der Waals surface area contributed by atoms with Crippen molar-refractivity contribution in [2.24, 2.45) is 0 Å². The van der Waals surface area contributed by atoms with E-state index in [-0.39, 0.29) is 0 Å². The zero-order valence-corrected chi connectivity index (χ0v) is 12.2. The minimum atomic E-state index is 0.687. The molecule has 0 unspecified atom stereocenters. The molecule has 0 N–H and O–H groups in total. The van der Waals surface area contributed by atoms with Crippen LogP contribution in [0.5, 0.6) is 17.2 Å². The summed E-state index contributed by atoms with van der Waals surface area (Å²) in [4.78, 5) is 0. The van der Waals surface area contributed by atoms with Gasteiger partial charge in [0.2, 0.25) is 0 Å². The Morgan fingerprint density at radius 3 is 2.44 bits per heavy atom. The normalized spacial score (nSPS) is 10.2. The monoisotopic (exact) mass is 326 g/mol. The third-order valence-electron chi connectivity index (χ3n) is 2.45. The van der Waals surface area contributed by atoms with Crippen LogP contribution in [0, 0.1) is 0 Å². The molecule has 4 heteroatoms. The molecule has 0 saturated heterocycles. The number of methoxy groups -OCH3 is 1. The molecule has 2 rings (SSSR count). The van der Waals surface area contributed by atoms with E-state index in [4.69, 9.17) is 21.1 Å². The highest BCUT2D eigenvalue weighted by Crippen LogP contribution is 2.29. The molecule has 0 bridgehead atoms. The standard InChI is InChI=1S/C14H12BrClO2/c1-17-11-3-2-4-12(7-11)18-13-6-5-10(9-15)14(16)8-13/h2-8H,9H2,1H3. The number of halogens is 2. The summed E-state index contributed by atoms with van der Waals surface area (Å²) in [6.45, 7) is 0. The summed E-state index contributed by atoms with van der Waals surface area (Å²) < 4.78 is 10.9. The average Bonchev–Trinajstić information content (AvgIpc) is 2.39. The first-order chi connectivity index (χ1) is 8.72. The van der Waals surface area contributed by atoms with Gasteiger partial charge in [0.1, 0.15) is 17.2 Å². The van der Waals surface area contributed by atoms with Crippen molar-refractivity contribution in [3.05, 3.63) is 53.1 Å². The first-order valence-electron chi connectivity index (χ1n) is 5.39. The van der Waals surface area contributed by atoms with Gasteiger partial charge in [-0.3, -0.25) is 0 Å². The van der Waals surface area contributed by atoms with E-state index in [2.05, 4.69) is 15.9 Å². The molecule has 94 valence electrons. The lowest BCUT2D eigenvalue weighted by Gasteiger charge is -2.08. The SMILES string of the molecule is COc1cccc(Oc2ccc(CBr)c(Cl)c2)c1. The molecule has 18 heavy (non-hydrogen) atoms. The van der Waals surface area contributed by atoms with Crippen molar-refractivity contribution in [2.45, 2.75) is 5.33 Å². The van der Waals surface area contributed by atoms with E-state index in [1.54, 1.807) is 13.2 Å². The van der Waals surface area contributed by atoms with Crippen LogP contribution in [0.25, 0.3) is 0 Å². The van der Waals surface area contributed by atoms with Crippen LogP contribution in [0.4, 0.5) is 0 Å². The van der Waals surface area contributed by atoms with Gasteiger partial charge >= 0.3 is 0 Å². The second kappa shape index (κ2) is 6.12. The molecule has 2 nitrogen and oxygen atoms in total. The fourth-order valence-corrected chi connectivity index (χ4v) is 2.39. The molecular weight excluding hydrogens is 316 g/mol. The zero-order chi connectivity index (χ0) is 13.0. The predicted octanol–water partition coefficient (Wildman–Crippen LogP) is 5.04. The first kappa shape index (κ1) is 13.2. The Hall–Kier alpha value is -1.19. The van der Waals surface area contributed by atoms with Crippen molar-refractivity contribution in [1.82, 2.24) is 0 Å². The molecule has 0 aliphatic rings. The van der Waals surface area contributed by atoms with Gasteiger partial charge in [-0.1, -0.05) is 39.7 Å². The van der Waals surface area contributed by atoms with Gasteiger partial charge in [0.05, 0.1) is 7.11 Å². The molecule has 0 saturated carbocycles.